The Bertz CT molecular complexity index is 526. The molecule has 0 spiro atoms. The molecule has 5 nitrogen and oxygen atoms in total. The SMILES string of the molecule is Cc1cscc1N=C1CCC(C)C(N)=NC(N)=N1. The standard InChI is InChI=1S/C12H17N5S/c1-7-3-4-10(16-12(14)17-11(7)13)15-9-6-18-5-8(9)2/h5-7H,3-4H2,1-2H3,(H4,13,14,15,16,17). The lowest BCUT2D eigenvalue weighted by molar-refractivity contribution is 0.697. The van der Waals surface area contributed by atoms with Crippen LogP contribution in [-0.2, 0) is 0 Å². The number of aryl methyl sites for hydroxylation is 1. The summed E-state index contributed by atoms with van der Waals surface area (Å²) in [5.74, 6) is 1.65. The van der Waals surface area contributed by atoms with Crippen molar-refractivity contribution in [2.45, 2.75) is 26.7 Å². The zero-order chi connectivity index (χ0) is 13.1. The van der Waals surface area contributed by atoms with Gasteiger partial charge in [-0.3, -0.25) is 0 Å². The highest BCUT2D eigenvalue weighted by molar-refractivity contribution is 7.08. The van der Waals surface area contributed by atoms with Gasteiger partial charge in [-0.15, -0.1) is 11.3 Å². The summed E-state index contributed by atoms with van der Waals surface area (Å²) in [7, 11) is 0. The van der Waals surface area contributed by atoms with Gasteiger partial charge in [-0.2, -0.15) is 4.99 Å². The average Bonchev–Trinajstić information content (AvgIpc) is 2.70. The molecular weight excluding hydrogens is 246 g/mol. The highest BCUT2D eigenvalue weighted by Crippen LogP contribution is 2.24. The van der Waals surface area contributed by atoms with Crippen molar-refractivity contribution in [1.82, 2.24) is 0 Å². The number of amidine groups is 2. The van der Waals surface area contributed by atoms with E-state index in [4.69, 9.17) is 11.5 Å². The molecule has 0 radical (unpaired) electrons. The Hall–Kier alpha value is -1.69. The minimum Gasteiger partial charge on any atom is -0.387 e. The molecule has 18 heavy (non-hydrogen) atoms. The summed E-state index contributed by atoms with van der Waals surface area (Å²) in [6.07, 6.45) is 1.64. The van der Waals surface area contributed by atoms with Crippen LogP contribution < -0.4 is 11.5 Å². The van der Waals surface area contributed by atoms with Crippen LogP contribution in [0.3, 0.4) is 0 Å². The zero-order valence-electron chi connectivity index (χ0n) is 10.6. The normalized spacial score (nSPS) is 23.2. The average molecular weight is 263 g/mol. The lowest BCUT2D eigenvalue weighted by Gasteiger charge is -2.13. The van der Waals surface area contributed by atoms with E-state index in [1.54, 1.807) is 11.3 Å². The van der Waals surface area contributed by atoms with Crippen molar-refractivity contribution in [3.05, 3.63) is 16.3 Å². The Kier molecular flexibility index (Phi) is 3.76. The van der Waals surface area contributed by atoms with Crippen molar-refractivity contribution in [3.63, 3.8) is 0 Å². The van der Waals surface area contributed by atoms with Crippen LogP contribution in [0.2, 0.25) is 0 Å². The predicted molar refractivity (Wildman–Crippen MR) is 77.8 cm³/mol. The summed E-state index contributed by atoms with van der Waals surface area (Å²) in [5.41, 5.74) is 13.6. The second kappa shape index (κ2) is 5.30. The van der Waals surface area contributed by atoms with Crippen LogP contribution in [0.15, 0.2) is 25.7 Å². The lowest BCUT2D eigenvalue weighted by atomic mass is 10.0. The van der Waals surface area contributed by atoms with Gasteiger partial charge in [0.25, 0.3) is 0 Å². The number of hydrogen-bond acceptors (Lipinski definition) is 5. The molecule has 4 N–H and O–H groups in total. The van der Waals surface area contributed by atoms with Gasteiger partial charge in [0, 0.05) is 17.7 Å². The number of rotatable bonds is 1. The van der Waals surface area contributed by atoms with Crippen molar-refractivity contribution in [2.24, 2.45) is 32.4 Å². The van der Waals surface area contributed by atoms with Gasteiger partial charge in [-0.05, 0) is 24.3 Å². The van der Waals surface area contributed by atoms with E-state index >= 15 is 0 Å². The first-order valence-electron chi connectivity index (χ1n) is 5.85. The van der Waals surface area contributed by atoms with E-state index in [1.807, 2.05) is 19.2 Å². The maximum Gasteiger partial charge on any atom is 0.223 e. The Labute approximate surface area is 110 Å². The van der Waals surface area contributed by atoms with E-state index in [1.165, 1.54) is 0 Å². The van der Waals surface area contributed by atoms with Gasteiger partial charge in [0.05, 0.1) is 5.69 Å². The molecule has 1 aromatic rings. The molecule has 0 fully saturated rings. The fraction of sp³-hybridized carbons (Fsp3) is 0.417. The van der Waals surface area contributed by atoms with Crippen molar-refractivity contribution in [2.75, 3.05) is 0 Å². The van der Waals surface area contributed by atoms with Crippen LogP contribution in [0.4, 0.5) is 5.69 Å². The maximum atomic E-state index is 5.79. The van der Waals surface area contributed by atoms with Gasteiger partial charge in [-0.25, -0.2) is 9.98 Å². The van der Waals surface area contributed by atoms with Gasteiger partial charge in [-0.1, -0.05) is 6.92 Å². The Balaban J connectivity index is 2.32. The molecule has 0 aromatic carbocycles. The molecular formula is C12H17N5S. The molecule has 1 aliphatic heterocycles. The highest BCUT2D eigenvalue weighted by Gasteiger charge is 2.13. The van der Waals surface area contributed by atoms with Gasteiger partial charge in [0.15, 0.2) is 0 Å². The summed E-state index contributed by atoms with van der Waals surface area (Å²) < 4.78 is 0. The summed E-state index contributed by atoms with van der Waals surface area (Å²) in [6, 6.07) is 0. The lowest BCUT2D eigenvalue weighted by Crippen LogP contribution is -2.27. The molecule has 1 unspecified atom stereocenters. The molecule has 1 aromatic heterocycles. The molecule has 0 amide bonds. The molecule has 1 atom stereocenters. The molecule has 96 valence electrons. The van der Waals surface area contributed by atoms with Gasteiger partial charge >= 0.3 is 0 Å². The predicted octanol–water partition coefficient (Wildman–Crippen LogP) is 2.19. The summed E-state index contributed by atoms with van der Waals surface area (Å²) >= 11 is 1.63. The van der Waals surface area contributed by atoms with Crippen LogP contribution in [0, 0.1) is 12.8 Å². The molecule has 6 heteroatoms. The number of guanidine groups is 1. The van der Waals surface area contributed by atoms with Crippen LogP contribution in [-0.4, -0.2) is 17.6 Å². The van der Waals surface area contributed by atoms with E-state index < -0.39 is 0 Å². The number of aliphatic imine (C=N–C) groups is 3. The topological polar surface area (TPSA) is 89.1 Å². The molecule has 0 saturated heterocycles. The van der Waals surface area contributed by atoms with Crippen molar-refractivity contribution < 1.29 is 0 Å². The smallest absolute Gasteiger partial charge is 0.223 e. The van der Waals surface area contributed by atoms with E-state index in [0.717, 1.165) is 29.9 Å². The third-order valence-electron chi connectivity index (χ3n) is 2.87. The minimum atomic E-state index is 0.186. The molecule has 1 aliphatic rings. The molecule has 0 bridgehead atoms. The van der Waals surface area contributed by atoms with Crippen molar-refractivity contribution in [1.29, 1.82) is 0 Å². The Morgan fingerprint density at radius 3 is 2.78 bits per heavy atom. The third-order valence-corrected chi connectivity index (χ3v) is 3.72. The van der Waals surface area contributed by atoms with Gasteiger partial charge in [0.1, 0.15) is 11.7 Å². The van der Waals surface area contributed by atoms with Gasteiger partial charge in [0.2, 0.25) is 5.96 Å². The molecule has 0 saturated carbocycles. The largest absolute Gasteiger partial charge is 0.387 e. The fourth-order valence-electron chi connectivity index (χ4n) is 1.64. The van der Waals surface area contributed by atoms with Crippen LogP contribution >= 0.6 is 11.3 Å². The van der Waals surface area contributed by atoms with Crippen molar-refractivity contribution >= 4 is 34.7 Å². The number of nitrogens with zero attached hydrogens (tertiary/aromatic N) is 3. The first kappa shape index (κ1) is 12.8. The monoisotopic (exact) mass is 263 g/mol. The van der Waals surface area contributed by atoms with Crippen LogP contribution in [0.5, 0.6) is 0 Å². The van der Waals surface area contributed by atoms with Gasteiger partial charge < -0.3 is 11.5 Å². The second-order valence-electron chi connectivity index (χ2n) is 4.41. The highest BCUT2D eigenvalue weighted by atomic mass is 32.1. The Morgan fingerprint density at radius 2 is 2.11 bits per heavy atom. The minimum absolute atomic E-state index is 0.186. The molecule has 2 heterocycles. The number of nitrogens with two attached hydrogens (primary N) is 2. The zero-order valence-corrected chi connectivity index (χ0v) is 11.4. The quantitative estimate of drug-likeness (QED) is 0.813. The van der Waals surface area contributed by atoms with Crippen LogP contribution in [0.25, 0.3) is 0 Å². The maximum absolute atomic E-state index is 5.79. The van der Waals surface area contributed by atoms with Crippen molar-refractivity contribution in [3.8, 4) is 0 Å². The van der Waals surface area contributed by atoms with E-state index in [-0.39, 0.29) is 11.9 Å². The van der Waals surface area contributed by atoms with Crippen LogP contribution in [0.1, 0.15) is 25.3 Å². The first-order valence-corrected chi connectivity index (χ1v) is 6.79. The Morgan fingerprint density at radius 1 is 1.33 bits per heavy atom. The van der Waals surface area contributed by atoms with E-state index in [0.29, 0.717) is 5.84 Å². The summed E-state index contributed by atoms with van der Waals surface area (Å²) in [5, 5.41) is 4.07. The van der Waals surface area contributed by atoms with E-state index in [9.17, 15) is 0 Å². The third kappa shape index (κ3) is 2.95. The summed E-state index contributed by atoms with van der Waals surface area (Å²) in [4.78, 5) is 12.8. The fourth-order valence-corrected chi connectivity index (χ4v) is 2.40. The molecule has 2 rings (SSSR count). The molecule has 0 aliphatic carbocycles. The number of hydrogen-bond donors (Lipinski definition) is 2. The summed E-state index contributed by atoms with van der Waals surface area (Å²) in [6.45, 7) is 4.07. The first-order chi connectivity index (χ1) is 8.56. The second-order valence-corrected chi connectivity index (χ2v) is 5.16. The number of thiophene rings is 1. The van der Waals surface area contributed by atoms with E-state index in [2.05, 4.69) is 20.4 Å².